The van der Waals surface area contributed by atoms with Gasteiger partial charge in [-0.25, -0.2) is 4.79 Å². The normalized spacial score (nSPS) is 20.5. The minimum Gasteiger partial charge on any atom is -0.332 e. The van der Waals surface area contributed by atoms with E-state index in [-0.39, 0.29) is 12.1 Å². The molecule has 2 heterocycles. The molecule has 2 rings (SSSR count). The Balaban J connectivity index is 1.99. The second-order valence-corrected chi connectivity index (χ2v) is 3.58. The Labute approximate surface area is 88.3 Å². The molecular formula is C10H14N4O. The first-order chi connectivity index (χ1) is 7.29. The highest BCUT2D eigenvalue weighted by molar-refractivity contribution is 5.76. The van der Waals surface area contributed by atoms with Crippen LogP contribution >= 0.6 is 0 Å². The molecule has 1 aliphatic heterocycles. The first-order valence-electron chi connectivity index (χ1n) is 4.95. The first kappa shape index (κ1) is 9.92. The lowest BCUT2D eigenvalue weighted by Gasteiger charge is -2.13. The fourth-order valence-electron chi connectivity index (χ4n) is 1.62. The number of carbonyl (C=O) groups excluding carboxylic acids is 1. The molecule has 0 aliphatic carbocycles. The van der Waals surface area contributed by atoms with E-state index in [1.54, 1.807) is 11.1 Å². The highest BCUT2D eigenvalue weighted by atomic mass is 16.2. The fraction of sp³-hybridized carbons (Fsp3) is 0.400. The number of rotatable bonds is 3. The Kier molecular flexibility index (Phi) is 2.82. The van der Waals surface area contributed by atoms with Crippen LogP contribution in [0, 0.1) is 0 Å². The van der Waals surface area contributed by atoms with E-state index in [4.69, 9.17) is 5.73 Å². The number of pyridine rings is 1. The molecule has 0 saturated carbocycles. The molecule has 1 saturated heterocycles. The Hall–Kier alpha value is -1.62. The summed E-state index contributed by atoms with van der Waals surface area (Å²) in [6.45, 7) is 1.68. The third-order valence-electron chi connectivity index (χ3n) is 2.42. The molecule has 5 heteroatoms. The minimum atomic E-state index is -0.0592. The lowest BCUT2D eigenvalue weighted by atomic mass is 10.3. The summed E-state index contributed by atoms with van der Waals surface area (Å²) >= 11 is 0. The summed E-state index contributed by atoms with van der Waals surface area (Å²) in [6.07, 6.45) is 1.73. The number of hydrogen-bond acceptors (Lipinski definition) is 3. The lowest BCUT2D eigenvalue weighted by Crippen LogP contribution is -2.33. The molecule has 2 amide bonds. The number of hydrogen-bond donors (Lipinski definition) is 2. The zero-order chi connectivity index (χ0) is 10.7. The largest absolute Gasteiger partial charge is 0.332 e. The Bertz CT molecular complexity index is 341. The van der Waals surface area contributed by atoms with Gasteiger partial charge in [-0.3, -0.25) is 4.98 Å². The summed E-state index contributed by atoms with van der Waals surface area (Å²) in [7, 11) is 0. The summed E-state index contributed by atoms with van der Waals surface area (Å²) in [6, 6.07) is 5.69. The fourth-order valence-corrected chi connectivity index (χ4v) is 1.62. The van der Waals surface area contributed by atoms with E-state index in [0.717, 1.165) is 5.69 Å². The molecule has 15 heavy (non-hydrogen) atoms. The van der Waals surface area contributed by atoms with Crippen LogP contribution < -0.4 is 11.1 Å². The van der Waals surface area contributed by atoms with Crippen molar-refractivity contribution in [1.29, 1.82) is 0 Å². The SMILES string of the molecule is NCC1CN(Cc2ccccn2)C(=O)N1. The van der Waals surface area contributed by atoms with Gasteiger partial charge in [-0.05, 0) is 12.1 Å². The van der Waals surface area contributed by atoms with Gasteiger partial charge < -0.3 is 16.0 Å². The second-order valence-electron chi connectivity index (χ2n) is 3.58. The zero-order valence-electron chi connectivity index (χ0n) is 8.39. The molecule has 0 radical (unpaired) electrons. The van der Waals surface area contributed by atoms with Crippen LogP contribution in [0.15, 0.2) is 24.4 Å². The Morgan fingerprint density at radius 1 is 1.60 bits per heavy atom. The van der Waals surface area contributed by atoms with Gasteiger partial charge in [0.05, 0.1) is 18.3 Å². The van der Waals surface area contributed by atoms with Crippen LogP contribution in [0.1, 0.15) is 5.69 Å². The smallest absolute Gasteiger partial charge is 0.318 e. The molecule has 80 valence electrons. The van der Waals surface area contributed by atoms with Crippen LogP contribution in [0.3, 0.4) is 0 Å². The molecule has 1 aliphatic rings. The van der Waals surface area contributed by atoms with Gasteiger partial charge in [-0.1, -0.05) is 6.07 Å². The van der Waals surface area contributed by atoms with Crippen LogP contribution in [0.25, 0.3) is 0 Å². The Morgan fingerprint density at radius 3 is 3.07 bits per heavy atom. The molecule has 0 spiro atoms. The van der Waals surface area contributed by atoms with Crippen molar-refractivity contribution in [2.24, 2.45) is 5.73 Å². The summed E-state index contributed by atoms with van der Waals surface area (Å²) in [5.74, 6) is 0. The monoisotopic (exact) mass is 206 g/mol. The van der Waals surface area contributed by atoms with E-state index < -0.39 is 0 Å². The molecule has 0 bridgehead atoms. The molecule has 1 atom stereocenters. The average Bonchev–Trinajstić information content (AvgIpc) is 2.61. The summed E-state index contributed by atoms with van der Waals surface area (Å²) in [4.78, 5) is 17.4. The zero-order valence-corrected chi connectivity index (χ0v) is 8.39. The molecular weight excluding hydrogens is 192 g/mol. The molecule has 1 fully saturated rings. The maximum absolute atomic E-state index is 11.5. The van der Waals surface area contributed by atoms with Gasteiger partial charge in [0.1, 0.15) is 0 Å². The summed E-state index contributed by atoms with van der Waals surface area (Å²) < 4.78 is 0. The van der Waals surface area contributed by atoms with Gasteiger partial charge in [0, 0.05) is 19.3 Å². The first-order valence-corrected chi connectivity index (χ1v) is 4.95. The lowest BCUT2D eigenvalue weighted by molar-refractivity contribution is 0.215. The molecule has 1 aromatic rings. The number of amides is 2. The molecule has 0 aromatic carbocycles. The van der Waals surface area contributed by atoms with Crippen molar-refractivity contribution in [3.63, 3.8) is 0 Å². The standard InChI is InChI=1S/C10H14N4O/c11-5-9-7-14(10(15)13-9)6-8-3-1-2-4-12-8/h1-4,9H,5-7,11H2,(H,13,15). The molecule has 3 N–H and O–H groups in total. The maximum atomic E-state index is 11.5. The third-order valence-corrected chi connectivity index (χ3v) is 2.42. The predicted molar refractivity (Wildman–Crippen MR) is 56.0 cm³/mol. The quantitative estimate of drug-likeness (QED) is 0.727. The van der Waals surface area contributed by atoms with Gasteiger partial charge >= 0.3 is 6.03 Å². The van der Waals surface area contributed by atoms with Crippen LogP contribution in [0.4, 0.5) is 4.79 Å². The highest BCUT2D eigenvalue weighted by Crippen LogP contribution is 2.07. The highest BCUT2D eigenvalue weighted by Gasteiger charge is 2.27. The number of aromatic nitrogens is 1. The van der Waals surface area contributed by atoms with Crippen LogP contribution in [0.2, 0.25) is 0 Å². The van der Waals surface area contributed by atoms with Gasteiger partial charge in [0.15, 0.2) is 0 Å². The third kappa shape index (κ3) is 2.24. The van der Waals surface area contributed by atoms with Gasteiger partial charge in [-0.2, -0.15) is 0 Å². The molecule has 5 nitrogen and oxygen atoms in total. The van der Waals surface area contributed by atoms with E-state index in [1.807, 2.05) is 18.2 Å². The van der Waals surface area contributed by atoms with Crippen molar-refractivity contribution in [3.05, 3.63) is 30.1 Å². The van der Waals surface area contributed by atoms with Crippen molar-refractivity contribution in [1.82, 2.24) is 15.2 Å². The van der Waals surface area contributed by atoms with E-state index in [1.165, 1.54) is 0 Å². The molecule has 1 unspecified atom stereocenters. The van der Waals surface area contributed by atoms with Gasteiger partial charge in [0.25, 0.3) is 0 Å². The number of carbonyl (C=O) groups is 1. The van der Waals surface area contributed by atoms with Crippen LogP contribution in [0.5, 0.6) is 0 Å². The van der Waals surface area contributed by atoms with Crippen molar-refractivity contribution in [2.75, 3.05) is 13.1 Å². The number of nitrogens with one attached hydrogen (secondary N) is 1. The van der Waals surface area contributed by atoms with Crippen molar-refractivity contribution in [3.8, 4) is 0 Å². The Morgan fingerprint density at radius 2 is 2.47 bits per heavy atom. The van der Waals surface area contributed by atoms with Crippen LogP contribution in [-0.4, -0.2) is 35.0 Å². The number of nitrogens with two attached hydrogens (primary N) is 1. The summed E-state index contributed by atoms with van der Waals surface area (Å²) in [5.41, 5.74) is 6.39. The van der Waals surface area contributed by atoms with Crippen molar-refractivity contribution < 1.29 is 4.79 Å². The van der Waals surface area contributed by atoms with Crippen molar-refractivity contribution in [2.45, 2.75) is 12.6 Å². The topological polar surface area (TPSA) is 71.2 Å². The number of urea groups is 1. The van der Waals surface area contributed by atoms with E-state index in [9.17, 15) is 4.79 Å². The van der Waals surface area contributed by atoms with E-state index in [0.29, 0.717) is 19.6 Å². The second kappa shape index (κ2) is 4.27. The van der Waals surface area contributed by atoms with E-state index in [2.05, 4.69) is 10.3 Å². The average molecular weight is 206 g/mol. The predicted octanol–water partition coefficient (Wildman–Crippen LogP) is -0.0659. The minimum absolute atomic E-state index is 0.0592. The van der Waals surface area contributed by atoms with Crippen molar-refractivity contribution >= 4 is 6.03 Å². The maximum Gasteiger partial charge on any atom is 0.318 e. The van der Waals surface area contributed by atoms with Gasteiger partial charge in [0.2, 0.25) is 0 Å². The molecule has 1 aromatic heterocycles. The van der Waals surface area contributed by atoms with E-state index >= 15 is 0 Å². The van der Waals surface area contributed by atoms with Gasteiger partial charge in [-0.15, -0.1) is 0 Å². The van der Waals surface area contributed by atoms with Crippen LogP contribution in [-0.2, 0) is 6.54 Å². The summed E-state index contributed by atoms with van der Waals surface area (Å²) in [5, 5.41) is 2.81. The number of nitrogens with zero attached hydrogens (tertiary/aromatic N) is 2.